The highest BCUT2D eigenvalue weighted by Gasteiger charge is 2.18. The molecule has 3 nitrogen and oxygen atoms in total. The molecule has 0 aliphatic heterocycles. The summed E-state index contributed by atoms with van der Waals surface area (Å²) in [6.45, 7) is -0.0418. The molecule has 0 radical (unpaired) electrons. The molecule has 0 spiro atoms. The van der Waals surface area contributed by atoms with Crippen molar-refractivity contribution in [3.63, 3.8) is 0 Å². The predicted molar refractivity (Wildman–Crippen MR) is 67.6 cm³/mol. The van der Waals surface area contributed by atoms with Crippen LogP contribution in [0.5, 0.6) is 0 Å². The monoisotopic (exact) mass is 233 g/mol. The van der Waals surface area contributed by atoms with Gasteiger partial charge in [0.15, 0.2) is 0 Å². The summed E-state index contributed by atoms with van der Waals surface area (Å²) >= 11 is 0. The molecule has 1 amide bonds. The molecule has 3 heteroatoms. The Labute approximate surface area is 102 Å². The number of hydrogen-bond acceptors (Lipinski definition) is 2. The minimum atomic E-state index is -0.0418. The van der Waals surface area contributed by atoms with Crippen molar-refractivity contribution in [2.75, 3.05) is 5.32 Å². The minimum Gasteiger partial charge on any atom is -0.392 e. The summed E-state index contributed by atoms with van der Waals surface area (Å²) < 4.78 is 0. The van der Waals surface area contributed by atoms with Gasteiger partial charge in [0, 0.05) is 17.7 Å². The number of amides is 1. The molecule has 1 fully saturated rings. The maximum atomic E-state index is 11.8. The van der Waals surface area contributed by atoms with Gasteiger partial charge in [-0.25, -0.2) is 0 Å². The number of aliphatic hydroxyl groups is 1. The zero-order valence-corrected chi connectivity index (χ0v) is 9.98. The zero-order chi connectivity index (χ0) is 12.1. The summed E-state index contributed by atoms with van der Waals surface area (Å²) in [5.74, 6) is 0.620. The lowest BCUT2D eigenvalue weighted by Crippen LogP contribution is -2.16. The van der Waals surface area contributed by atoms with Gasteiger partial charge < -0.3 is 10.4 Å². The van der Waals surface area contributed by atoms with Crippen molar-refractivity contribution in [3.8, 4) is 0 Å². The normalized spacial score (nSPS) is 16.1. The number of aliphatic hydroxyl groups excluding tert-OH is 1. The van der Waals surface area contributed by atoms with E-state index in [0.29, 0.717) is 12.3 Å². The molecule has 17 heavy (non-hydrogen) atoms. The largest absolute Gasteiger partial charge is 0.392 e. The first-order chi connectivity index (χ1) is 8.29. The second-order valence-corrected chi connectivity index (χ2v) is 4.72. The van der Waals surface area contributed by atoms with E-state index in [1.54, 1.807) is 0 Å². The molecule has 0 saturated heterocycles. The standard InChI is InChI=1S/C14H19NO2/c16-10-12-7-3-4-8-13(12)15-14(17)9-11-5-1-2-6-11/h3-4,7-8,11,16H,1-2,5-6,9-10H2,(H,15,17). The third-order valence-electron chi connectivity index (χ3n) is 3.41. The number of carbonyl (C=O) groups excluding carboxylic acids is 1. The minimum absolute atomic E-state index is 0.0418. The van der Waals surface area contributed by atoms with Crippen LogP contribution >= 0.6 is 0 Å². The van der Waals surface area contributed by atoms with E-state index < -0.39 is 0 Å². The molecule has 0 unspecified atom stereocenters. The van der Waals surface area contributed by atoms with Gasteiger partial charge in [-0.1, -0.05) is 31.0 Å². The van der Waals surface area contributed by atoms with Crippen molar-refractivity contribution >= 4 is 11.6 Å². The third kappa shape index (κ3) is 3.30. The topological polar surface area (TPSA) is 49.3 Å². The van der Waals surface area contributed by atoms with Crippen LogP contribution in [0, 0.1) is 5.92 Å². The van der Waals surface area contributed by atoms with Gasteiger partial charge in [-0.05, 0) is 24.8 Å². The van der Waals surface area contributed by atoms with Crippen LogP contribution in [0.3, 0.4) is 0 Å². The van der Waals surface area contributed by atoms with E-state index in [9.17, 15) is 4.79 Å². The van der Waals surface area contributed by atoms with Crippen LogP contribution in [0.1, 0.15) is 37.7 Å². The van der Waals surface area contributed by atoms with E-state index in [1.807, 2.05) is 24.3 Å². The van der Waals surface area contributed by atoms with Crippen molar-refractivity contribution in [2.24, 2.45) is 5.92 Å². The van der Waals surface area contributed by atoms with Crippen LogP contribution in [0.15, 0.2) is 24.3 Å². The number of rotatable bonds is 4. The van der Waals surface area contributed by atoms with Gasteiger partial charge in [0.05, 0.1) is 6.61 Å². The second-order valence-electron chi connectivity index (χ2n) is 4.72. The molecule has 2 rings (SSSR count). The smallest absolute Gasteiger partial charge is 0.224 e. The molecule has 1 aliphatic carbocycles. The molecule has 1 aromatic rings. The average molecular weight is 233 g/mol. The van der Waals surface area contributed by atoms with Crippen molar-refractivity contribution in [1.82, 2.24) is 0 Å². The summed E-state index contributed by atoms with van der Waals surface area (Å²) in [5, 5.41) is 12.1. The SMILES string of the molecule is O=C(CC1CCCC1)Nc1ccccc1CO. The van der Waals surface area contributed by atoms with E-state index in [-0.39, 0.29) is 12.5 Å². The lowest BCUT2D eigenvalue weighted by atomic mass is 10.0. The summed E-state index contributed by atoms with van der Waals surface area (Å²) in [6.07, 6.45) is 5.47. The predicted octanol–water partition coefficient (Wildman–Crippen LogP) is 2.70. The fourth-order valence-corrected chi connectivity index (χ4v) is 2.46. The van der Waals surface area contributed by atoms with Gasteiger partial charge in [0.1, 0.15) is 0 Å². The van der Waals surface area contributed by atoms with E-state index >= 15 is 0 Å². The van der Waals surface area contributed by atoms with Crippen LogP contribution in [-0.4, -0.2) is 11.0 Å². The van der Waals surface area contributed by atoms with Crippen molar-refractivity contribution in [3.05, 3.63) is 29.8 Å². The molecular weight excluding hydrogens is 214 g/mol. The highest BCUT2D eigenvalue weighted by atomic mass is 16.3. The fourth-order valence-electron chi connectivity index (χ4n) is 2.46. The van der Waals surface area contributed by atoms with E-state index in [4.69, 9.17) is 5.11 Å². The molecule has 1 aliphatic rings. The first kappa shape index (κ1) is 12.1. The van der Waals surface area contributed by atoms with Crippen LogP contribution in [0.2, 0.25) is 0 Å². The average Bonchev–Trinajstić information content (AvgIpc) is 2.82. The first-order valence-electron chi connectivity index (χ1n) is 6.28. The molecule has 0 atom stereocenters. The Kier molecular flexibility index (Phi) is 4.15. The van der Waals surface area contributed by atoms with Gasteiger partial charge in [-0.3, -0.25) is 4.79 Å². The van der Waals surface area contributed by atoms with Crippen LogP contribution in [0.4, 0.5) is 5.69 Å². The summed E-state index contributed by atoms with van der Waals surface area (Å²) in [4.78, 5) is 11.8. The van der Waals surface area contributed by atoms with Gasteiger partial charge in [-0.2, -0.15) is 0 Å². The molecule has 0 heterocycles. The maximum Gasteiger partial charge on any atom is 0.224 e. The van der Waals surface area contributed by atoms with Crippen LogP contribution in [0.25, 0.3) is 0 Å². The Balaban J connectivity index is 1.92. The van der Waals surface area contributed by atoms with Crippen LogP contribution < -0.4 is 5.32 Å². The second kappa shape index (κ2) is 5.82. The Morgan fingerprint density at radius 1 is 1.29 bits per heavy atom. The molecule has 0 aromatic heterocycles. The molecule has 92 valence electrons. The quantitative estimate of drug-likeness (QED) is 0.840. The number of carbonyl (C=O) groups is 1. The molecular formula is C14H19NO2. The molecule has 1 aromatic carbocycles. The molecule has 1 saturated carbocycles. The summed E-state index contributed by atoms with van der Waals surface area (Å²) in [7, 11) is 0. The van der Waals surface area contributed by atoms with Crippen molar-refractivity contribution in [1.29, 1.82) is 0 Å². The van der Waals surface area contributed by atoms with Crippen molar-refractivity contribution in [2.45, 2.75) is 38.7 Å². The Morgan fingerprint density at radius 2 is 2.00 bits per heavy atom. The lowest BCUT2D eigenvalue weighted by molar-refractivity contribution is -0.117. The number of hydrogen-bond donors (Lipinski definition) is 2. The first-order valence-corrected chi connectivity index (χ1v) is 6.28. The number of para-hydroxylation sites is 1. The maximum absolute atomic E-state index is 11.8. The van der Waals surface area contributed by atoms with E-state index in [1.165, 1.54) is 25.7 Å². The molecule has 0 bridgehead atoms. The number of nitrogens with one attached hydrogen (secondary N) is 1. The fraction of sp³-hybridized carbons (Fsp3) is 0.500. The van der Waals surface area contributed by atoms with Gasteiger partial charge in [0.2, 0.25) is 5.91 Å². The third-order valence-corrected chi connectivity index (χ3v) is 3.41. The lowest BCUT2D eigenvalue weighted by Gasteiger charge is -2.11. The Bertz CT molecular complexity index is 384. The highest BCUT2D eigenvalue weighted by molar-refractivity contribution is 5.91. The highest BCUT2D eigenvalue weighted by Crippen LogP contribution is 2.28. The van der Waals surface area contributed by atoms with Crippen molar-refractivity contribution < 1.29 is 9.90 Å². The number of anilines is 1. The summed E-state index contributed by atoms with van der Waals surface area (Å²) in [6, 6.07) is 7.38. The van der Waals surface area contributed by atoms with Gasteiger partial charge >= 0.3 is 0 Å². The van der Waals surface area contributed by atoms with Crippen LogP contribution in [-0.2, 0) is 11.4 Å². The van der Waals surface area contributed by atoms with Gasteiger partial charge in [0.25, 0.3) is 0 Å². The van der Waals surface area contributed by atoms with E-state index in [0.717, 1.165) is 11.3 Å². The molecule has 2 N–H and O–H groups in total. The van der Waals surface area contributed by atoms with Gasteiger partial charge in [-0.15, -0.1) is 0 Å². The zero-order valence-electron chi connectivity index (χ0n) is 9.98. The number of benzene rings is 1. The van der Waals surface area contributed by atoms with E-state index in [2.05, 4.69) is 5.32 Å². The summed E-state index contributed by atoms with van der Waals surface area (Å²) in [5.41, 5.74) is 1.50. The Hall–Kier alpha value is -1.35. The Morgan fingerprint density at radius 3 is 2.71 bits per heavy atom.